The number of carboxylic acid groups (broad SMARTS) is 1. The molecule has 0 aliphatic carbocycles. The Bertz CT molecular complexity index is 808. The second-order valence-corrected chi connectivity index (χ2v) is 4.05. The first kappa shape index (κ1) is 14.2. The van der Waals surface area contributed by atoms with Crippen molar-refractivity contribution in [3.8, 4) is 0 Å². The number of hydrogen-bond donors (Lipinski definition) is 3. The molecular formula is C12H10N4O5. The van der Waals surface area contributed by atoms with E-state index in [-0.39, 0.29) is 11.3 Å². The van der Waals surface area contributed by atoms with Crippen LogP contribution in [0.15, 0.2) is 40.2 Å². The van der Waals surface area contributed by atoms with E-state index in [1.54, 1.807) is 0 Å². The molecule has 0 radical (unpaired) electrons. The molecule has 0 atom stereocenters. The highest BCUT2D eigenvalue weighted by molar-refractivity contribution is 5.93. The molecule has 21 heavy (non-hydrogen) atoms. The van der Waals surface area contributed by atoms with Crippen LogP contribution in [0.2, 0.25) is 0 Å². The molecule has 0 bridgehead atoms. The Hall–Kier alpha value is -3.23. The summed E-state index contributed by atoms with van der Waals surface area (Å²) in [5, 5.41) is 13.4. The predicted octanol–water partition coefficient (Wildman–Crippen LogP) is -0.731. The third kappa shape index (κ3) is 3.62. The number of hydrogen-bond acceptors (Lipinski definition) is 5. The Kier molecular flexibility index (Phi) is 3.93. The number of nitrogens with one attached hydrogen (secondary N) is 2. The van der Waals surface area contributed by atoms with Crippen molar-refractivity contribution < 1.29 is 14.7 Å². The number of aromatic carboxylic acids is 1. The number of anilines is 1. The Morgan fingerprint density at radius 2 is 2.05 bits per heavy atom. The van der Waals surface area contributed by atoms with Crippen LogP contribution in [-0.2, 0) is 11.3 Å². The summed E-state index contributed by atoms with van der Waals surface area (Å²) in [5.74, 6) is -1.79. The zero-order valence-corrected chi connectivity index (χ0v) is 10.6. The van der Waals surface area contributed by atoms with Crippen molar-refractivity contribution >= 4 is 17.6 Å². The molecule has 1 amide bonds. The van der Waals surface area contributed by atoms with Gasteiger partial charge in [-0.2, -0.15) is 0 Å². The molecule has 2 aromatic rings. The zero-order chi connectivity index (χ0) is 15.4. The van der Waals surface area contributed by atoms with Crippen LogP contribution in [0.1, 0.15) is 10.4 Å². The first-order valence-corrected chi connectivity index (χ1v) is 5.74. The molecule has 9 heteroatoms. The lowest BCUT2D eigenvalue weighted by atomic mass is 10.2. The van der Waals surface area contributed by atoms with Gasteiger partial charge >= 0.3 is 5.97 Å². The standard InChI is InChI=1S/C12H10N4O5/c17-9-1-2-11(19)16(15-9)6-10(18)14-8-3-7(12(20)21)4-13-5-8/h1-5H,6H2,(H,14,18)(H,15,17)(H,20,21). The third-order valence-electron chi connectivity index (χ3n) is 2.46. The summed E-state index contributed by atoms with van der Waals surface area (Å²) in [7, 11) is 0. The van der Waals surface area contributed by atoms with E-state index in [0.717, 1.165) is 23.0 Å². The Balaban J connectivity index is 2.13. The van der Waals surface area contributed by atoms with Gasteiger partial charge in [-0.1, -0.05) is 0 Å². The van der Waals surface area contributed by atoms with Gasteiger partial charge in [-0.25, -0.2) is 9.48 Å². The average molecular weight is 290 g/mol. The molecule has 9 nitrogen and oxygen atoms in total. The van der Waals surface area contributed by atoms with Crippen LogP contribution in [-0.4, -0.2) is 31.7 Å². The van der Waals surface area contributed by atoms with Gasteiger partial charge in [-0.3, -0.25) is 24.5 Å². The number of amides is 1. The molecule has 2 aromatic heterocycles. The van der Waals surface area contributed by atoms with Gasteiger partial charge in [0, 0.05) is 18.3 Å². The van der Waals surface area contributed by atoms with Gasteiger partial charge in [0.2, 0.25) is 5.91 Å². The molecule has 2 rings (SSSR count). The summed E-state index contributed by atoms with van der Waals surface area (Å²) in [6.45, 7) is -0.411. The Morgan fingerprint density at radius 3 is 2.76 bits per heavy atom. The van der Waals surface area contributed by atoms with Gasteiger partial charge < -0.3 is 10.4 Å². The molecule has 0 saturated heterocycles. The molecule has 108 valence electrons. The second-order valence-electron chi connectivity index (χ2n) is 4.05. The van der Waals surface area contributed by atoms with Crippen molar-refractivity contribution in [2.24, 2.45) is 0 Å². The fraction of sp³-hybridized carbons (Fsp3) is 0.0833. The molecule has 0 aliphatic heterocycles. The van der Waals surface area contributed by atoms with E-state index in [2.05, 4.69) is 15.4 Å². The van der Waals surface area contributed by atoms with E-state index in [1.807, 2.05) is 0 Å². The van der Waals surface area contributed by atoms with Crippen LogP contribution in [0, 0.1) is 0 Å². The maximum atomic E-state index is 11.8. The number of nitrogens with zero attached hydrogens (tertiary/aromatic N) is 2. The minimum Gasteiger partial charge on any atom is -0.478 e. The number of carboxylic acids is 1. The maximum Gasteiger partial charge on any atom is 0.337 e. The van der Waals surface area contributed by atoms with Gasteiger partial charge in [0.25, 0.3) is 11.1 Å². The van der Waals surface area contributed by atoms with E-state index >= 15 is 0 Å². The summed E-state index contributed by atoms with van der Waals surface area (Å²) in [6, 6.07) is 3.32. The normalized spacial score (nSPS) is 10.1. The number of aromatic nitrogens is 3. The highest BCUT2D eigenvalue weighted by atomic mass is 16.4. The van der Waals surface area contributed by atoms with Crippen LogP contribution >= 0.6 is 0 Å². The molecule has 0 saturated carbocycles. The van der Waals surface area contributed by atoms with Crippen molar-refractivity contribution in [2.45, 2.75) is 6.54 Å². The molecule has 0 fully saturated rings. The number of rotatable bonds is 4. The minimum absolute atomic E-state index is 0.0851. The molecule has 0 aromatic carbocycles. The summed E-state index contributed by atoms with van der Waals surface area (Å²) in [4.78, 5) is 48.7. The summed E-state index contributed by atoms with van der Waals surface area (Å²) >= 11 is 0. The largest absolute Gasteiger partial charge is 0.478 e. The zero-order valence-electron chi connectivity index (χ0n) is 10.6. The topological polar surface area (TPSA) is 134 Å². The fourth-order valence-corrected chi connectivity index (χ4v) is 1.55. The summed E-state index contributed by atoms with van der Waals surface area (Å²) < 4.78 is 0.839. The van der Waals surface area contributed by atoms with Crippen LogP contribution in [0.25, 0.3) is 0 Å². The monoisotopic (exact) mass is 290 g/mol. The molecular weight excluding hydrogens is 280 g/mol. The SMILES string of the molecule is O=C(Cn1[nH]c(=O)ccc1=O)Nc1cncc(C(=O)O)c1. The number of pyridine rings is 1. The second kappa shape index (κ2) is 5.82. The van der Waals surface area contributed by atoms with Crippen LogP contribution in [0.4, 0.5) is 5.69 Å². The van der Waals surface area contributed by atoms with E-state index in [4.69, 9.17) is 5.11 Å². The fourth-order valence-electron chi connectivity index (χ4n) is 1.55. The lowest BCUT2D eigenvalue weighted by Crippen LogP contribution is -2.32. The molecule has 0 spiro atoms. The highest BCUT2D eigenvalue weighted by Gasteiger charge is 2.08. The molecule has 3 N–H and O–H groups in total. The van der Waals surface area contributed by atoms with E-state index in [1.165, 1.54) is 12.3 Å². The predicted molar refractivity (Wildman–Crippen MR) is 71.1 cm³/mol. The Morgan fingerprint density at radius 1 is 1.29 bits per heavy atom. The highest BCUT2D eigenvalue weighted by Crippen LogP contribution is 2.08. The van der Waals surface area contributed by atoms with Crippen LogP contribution < -0.4 is 16.4 Å². The van der Waals surface area contributed by atoms with Gasteiger partial charge in [-0.05, 0) is 6.07 Å². The number of H-pyrrole nitrogens is 1. The van der Waals surface area contributed by atoms with Gasteiger partial charge in [0.1, 0.15) is 6.54 Å². The average Bonchev–Trinajstić information content (AvgIpc) is 2.43. The van der Waals surface area contributed by atoms with Crippen molar-refractivity contribution in [3.63, 3.8) is 0 Å². The van der Waals surface area contributed by atoms with Crippen molar-refractivity contribution in [2.75, 3.05) is 5.32 Å². The molecule has 0 aliphatic rings. The van der Waals surface area contributed by atoms with E-state index < -0.39 is 29.5 Å². The van der Waals surface area contributed by atoms with Crippen molar-refractivity contribution in [1.82, 2.24) is 14.8 Å². The van der Waals surface area contributed by atoms with Gasteiger partial charge in [0.05, 0.1) is 17.4 Å². The first-order chi connectivity index (χ1) is 9.95. The van der Waals surface area contributed by atoms with Crippen molar-refractivity contribution in [1.29, 1.82) is 0 Å². The quantitative estimate of drug-likeness (QED) is 0.679. The summed E-state index contributed by atoms with van der Waals surface area (Å²) in [5.41, 5.74) is -0.969. The van der Waals surface area contributed by atoms with Crippen LogP contribution in [0.3, 0.4) is 0 Å². The maximum absolute atomic E-state index is 11.8. The smallest absolute Gasteiger partial charge is 0.337 e. The lowest BCUT2D eigenvalue weighted by molar-refractivity contribution is -0.117. The number of aromatic amines is 1. The number of carbonyl (C=O) groups is 2. The van der Waals surface area contributed by atoms with E-state index in [0.29, 0.717) is 0 Å². The third-order valence-corrected chi connectivity index (χ3v) is 2.46. The lowest BCUT2D eigenvalue weighted by Gasteiger charge is -2.07. The van der Waals surface area contributed by atoms with Crippen molar-refractivity contribution in [3.05, 3.63) is 56.9 Å². The summed E-state index contributed by atoms with van der Waals surface area (Å²) in [6.07, 6.45) is 2.40. The minimum atomic E-state index is -1.18. The van der Waals surface area contributed by atoms with Crippen LogP contribution in [0.5, 0.6) is 0 Å². The van der Waals surface area contributed by atoms with E-state index in [9.17, 15) is 19.2 Å². The first-order valence-electron chi connectivity index (χ1n) is 5.74. The Labute approximate surface area is 116 Å². The number of carbonyl (C=O) groups excluding carboxylic acids is 1. The molecule has 2 heterocycles. The molecule has 0 unspecified atom stereocenters. The van der Waals surface area contributed by atoms with Gasteiger partial charge in [0.15, 0.2) is 0 Å². The van der Waals surface area contributed by atoms with Gasteiger partial charge in [-0.15, -0.1) is 0 Å².